The van der Waals surface area contributed by atoms with Gasteiger partial charge in [-0.15, -0.1) is 0 Å². The summed E-state index contributed by atoms with van der Waals surface area (Å²) in [4.78, 5) is -0.430. The van der Waals surface area contributed by atoms with Gasteiger partial charge in [0.05, 0.1) is 6.04 Å². The average Bonchev–Trinajstić information content (AvgIpc) is 2.81. The van der Waals surface area contributed by atoms with Gasteiger partial charge in [0.1, 0.15) is 23.1 Å². The Kier molecular flexibility index (Phi) is 3.30. The molecule has 1 atom stereocenters. The zero-order chi connectivity index (χ0) is 15.0. The van der Waals surface area contributed by atoms with Crippen molar-refractivity contribution in [2.24, 2.45) is 0 Å². The number of benzene rings is 2. The molecule has 5 nitrogen and oxygen atoms in total. The van der Waals surface area contributed by atoms with Crippen LogP contribution in [-0.4, -0.2) is 15.0 Å². The highest BCUT2D eigenvalue weighted by molar-refractivity contribution is 7.89. The van der Waals surface area contributed by atoms with Crippen LogP contribution in [0.3, 0.4) is 0 Å². The molecule has 21 heavy (non-hydrogen) atoms. The lowest BCUT2D eigenvalue weighted by Gasteiger charge is -2.13. The largest absolute Gasteiger partial charge is 0.491 e. The molecule has 0 aromatic heterocycles. The molecule has 0 radical (unpaired) electrons. The van der Waals surface area contributed by atoms with E-state index >= 15 is 0 Å². The maximum Gasteiger partial charge on any atom is 0.244 e. The third-order valence-corrected chi connectivity index (χ3v) is 4.75. The molecule has 2 aromatic carbocycles. The number of para-hydroxylation sites is 1. The van der Waals surface area contributed by atoms with Crippen molar-refractivity contribution < 1.29 is 17.5 Å². The predicted molar refractivity (Wildman–Crippen MR) is 75.8 cm³/mol. The maximum absolute atomic E-state index is 13.8. The predicted octanol–water partition coefficient (Wildman–Crippen LogP) is 1.82. The van der Waals surface area contributed by atoms with Crippen molar-refractivity contribution in [3.05, 3.63) is 53.8 Å². The molecule has 0 aliphatic carbocycles. The molecule has 2 aromatic rings. The van der Waals surface area contributed by atoms with E-state index in [1.165, 1.54) is 6.07 Å². The van der Waals surface area contributed by atoms with Gasteiger partial charge in [0.2, 0.25) is 10.0 Å². The van der Waals surface area contributed by atoms with E-state index < -0.39 is 26.8 Å². The van der Waals surface area contributed by atoms with Crippen molar-refractivity contribution in [3.63, 3.8) is 0 Å². The van der Waals surface area contributed by atoms with Gasteiger partial charge in [-0.3, -0.25) is 0 Å². The van der Waals surface area contributed by atoms with Crippen molar-refractivity contribution in [3.8, 4) is 5.75 Å². The van der Waals surface area contributed by atoms with Gasteiger partial charge in [0.15, 0.2) is 0 Å². The lowest BCUT2D eigenvalue weighted by atomic mass is 10.1. The molecule has 0 spiro atoms. The first-order valence-corrected chi connectivity index (χ1v) is 7.75. The number of sulfonamides is 1. The monoisotopic (exact) mass is 308 g/mol. The van der Waals surface area contributed by atoms with Crippen molar-refractivity contribution in [1.29, 1.82) is 0 Å². The fourth-order valence-corrected chi connectivity index (χ4v) is 3.51. The van der Waals surface area contributed by atoms with E-state index in [0.29, 0.717) is 5.75 Å². The Hall–Kier alpha value is -2.12. The normalized spacial score (nSPS) is 17.3. The van der Waals surface area contributed by atoms with Crippen molar-refractivity contribution in [2.75, 3.05) is 12.3 Å². The molecule has 0 amide bonds. The minimum absolute atomic E-state index is 0.168. The second-order valence-electron chi connectivity index (χ2n) is 4.71. The molecule has 1 aliphatic rings. The van der Waals surface area contributed by atoms with E-state index in [0.717, 1.165) is 17.7 Å². The summed E-state index contributed by atoms with van der Waals surface area (Å²) in [5.74, 6) is -0.252. The highest BCUT2D eigenvalue weighted by Gasteiger charge is 2.29. The lowest BCUT2D eigenvalue weighted by Crippen LogP contribution is -2.30. The van der Waals surface area contributed by atoms with Crippen LogP contribution < -0.4 is 15.2 Å². The minimum atomic E-state index is -3.99. The van der Waals surface area contributed by atoms with Gasteiger partial charge in [-0.25, -0.2) is 12.8 Å². The van der Waals surface area contributed by atoms with E-state index in [1.807, 2.05) is 0 Å². The average molecular weight is 308 g/mol. The third kappa shape index (κ3) is 2.57. The standard InChI is InChI=1S/C14H13FN2O3S/c15-11-7-9(16)5-6-14(11)21(18,19)17-12-8-20-13-4-2-1-3-10(12)13/h1-7,12,17H,8,16H2. The van der Waals surface area contributed by atoms with Crippen LogP contribution in [0.5, 0.6) is 5.75 Å². The van der Waals surface area contributed by atoms with Gasteiger partial charge in [0.25, 0.3) is 0 Å². The molecule has 0 fully saturated rings. The summed E-state index contributed by atoms with van der Waals surface area (Å²) in [7, 11) is -3.99. The molecule has 110 valence electrons. The molecule has 0 bridgehead atoms. The number of anilines is 1. The highest BCUT2D eigenvalue weighted by atomic mass is 32.2. The molecular formula is C14H13FN2O3S. The summed E-state index contributed by atoms with van der Waals surface area (Å²) >= 11 is 0. The first kappa shape index (κ1) is 13.8. The molecule has 7 heteroatoms. The number of nitrogens with two attached hydrogens (primary N) is 1. The Labute approximate surface area is 121 Å². The zero-order valence-electron chi connectivity index (χ0n) is 10.9. The molecular weight excluding hydrogens is 295 g/mol. The number of rotatable bonds is 3. The quantitative estimate of drug-likeness (QED) is 0.848. The molecule has 3 N–H and O–H groups in total. The summed E-state index contributed by atoms with van der Waals surface area (Å²) in [6.45, 7) is 0.176. The molecule has 1 aliphatic heterocycles. The molecule has 3 rings (SSSR count). The minimum Gasteiger partial charge on any atom is -0.491 e. The fraction of sp³-hybridized carbons (Fsp3) is 0.143. The van der Waals surface area contributed by atoms with Gasteiger partial charge >= 0.3 is 0 Å². The van der Waals surface area contributed by atoms with Gasteiger partial charge in [-0.05, 0) is 24.3 Å². The topological polar surface area (TPSA) is 81.4 Å². The van der Waals surface area contributed by atoms with Crippen LogP contribution in [0.15, 0.2) is 47.4 Å². The summed E-state index contributed by atoms with van der Waals surface area (Å²) < 4.78 is 46.2. The SMILES string of the molecule is Nc1ccc(S(=O)(=O)NC2COc3ccccc32)c(F)c1. The van der Waals surface area contributed by atoms with Crippen LogP contribution in [-0.2, 0) is 10.0 Å². The lowest BCUT2D eigenvalue weighted by molar-refractivity contribution is 0.325. The molecule has 1 unspecified atom stereocenters. The zero-order valence-corrected chi connectivity index (χ0v) is 11.7. The number of ether oxygens (including phenoxy) is 1. The number of hydrogen-bond acceptors (Lipinski definition) is 4. The Morgan fingerprint density at radius 2 is 2.00 bits per heavy atom. The van der Waals surface area contributed by atoms with Crippen molar-refractivity contribution in [2.45, 2.75) is 10.9 Å². The van der Waals surface area contributed by atoms with Crippen LogP contribution in [0.2, 0.25) is 0 Å². The van der Waals surface area contributed by atoms with Gasteiger partial charge in [0, 0.05) is 11.3 Å². The van der Waals surface area contributed by atoms with E-state index in [4.69, 9.17) is 10.5 Å². The van der Waals surface area contributed by atoms with Gasteiger partial charge in [-0.1, -0.05) is 18.2 Å². The van der Waals surface area contributed by atoms with Crippen LogP contribution in [0.25, 0.3) is 0 Å². The number of hydrogen-bond donors (Lipinski definition) is 2. The summed E-state index contributed by atoms with van der Waals surface area (Å²) in [6, 6.07) is 10.1. The molecule has 0 saturated carbocycles. The molecule has 0 saturated heterocycles. The second kappa shape index (κ2) is 5.01. The third-order valence-electron chi connectivity index (χ3n) is 3.24. The van der Waals surface area contributed by atoms with Crippen LogP contribution in [0.4, 0.5) is 10.1 Å². The van der Waals surface area contributed by atoms with Crippen LogP contribution in [0, 0.1) is 5.82 Å². The summed E-state index contributed by atoms with van der Waals surface area (Å²) in [5, 5.41) is 0. The maximum atomic E-state index is 13.8. The first-order valence-electron chi connectivity index (χ1n) is 6.26. The van der Waals surface area contributed by atoms with Crippen molar-refractivity contribution in [1.82, 2.24) is 4.72 Å². The number of nitrogens with one attached hydrogen (secondary N) is 1. The Morgan fingerprint density at radius 1 is 1.24 bits per heavy atom. The van der Waals surface area contributed by atoms with E-state index in [2.05, 4.69) is 4.72 Å². The number of fused-ring (bicyclic) bond motifs is 1. The number of nitrogen functional groups attached to an aromatic ring is 1. The summed E-state index contributed by atoms with van der Waals surface area (Å²) in [6.07, 6.45) is 0. The van der Waals surface area contributed by atoms with Gasteiger partial charge < -0.3 is 10.5 Å². The Morgan fingerprint density at radius 3 is 2.76 bits per heavy atom. The Balaban J connectivity index is 1.91. The van der Waals surface area contributed by atoms with E-state index in [1.54, 1.807) is 24.3 Å². The second-order valence-corrected chi connectivity index (χ2v) is 6.39. The summed E-state index contributed by atoms with van der Waals surface area (Å²) in [5.41, 5.74) is 6.32. The van der Waals surface area contributed by atoms with Crippen molar-refractivity contribution >= 4 is 15.7 Å². The first-order chi connectivity index (χ1) is 9.97. The van der Waals surface area contributed by atoms with Crippen LogP contribution >= 0.6 is 0 Å². The highest BCUT2D eigenvalue weighted by Crippen LogP contribution is 2.33. The Bertz CT molecular complexity index is 793. The number of halogens is 1. The fourth-order valence-electron chi connectivity index (χ4n) is 2.25. The van der Waals surface area contributed by atoms with Crippen LogP contribution in [0.1, 0.15) is 11.6 Å². The van der Waals surface area contributed by atoms with Gasteiger partial charge in [-0.2, -0.15) is 4.72 Å². The van der Waals surface area contributed by atoms with E-state index in [9.17, 15) is 12.8 Å². The molecule has 1 heterocycles. The smallest absolute Gasteiger partial charge is 0.244 e. The van der Waals surface area contributed by atoms with E-state index in [-0.39, 0.29) is 12.3 Å².